The van der Waals surface area contributed by atoms with Crippen molar-refractivity contribution in [2.24, 2.45) is 15.7 Å². The van der Waals surface area contributed by atoms with E-state index in [1.54, 1.807) is 0 Å². The molecule has 2 aromatic rings. The Labute approximate surface area is 180 Å². The summed E-state index contributed by atoms with van der Waals surface area (Å²) in [7, 11) is 0. The summed E-state index contributed by atoms with van der Waals surface area (Å²) in [5.74, 6) is 0. The number of aromatic nitrogens is 2. The molecule has 0 atom stereocenters. The fraction of sp³-hybridized carbons (Fsp3) is 0.455. The molecule has 0 saturated heterocycles. The largest absolute Gasteiger partial charge is 0.395 e. The number of rotatable bonds is 7. The summed E-state index contributed by atoms with van der Waals surface area (Å²) in [6.45, 7) is 8.84. The normalized spacial score (nSPS) is 15.9. The first-order chi connectivity index (χ1) is 13.8. The van der Waals surface area contributed by atoms with Gasteiger partial charge in [0.2, 0.25) is 0 Å². The molecule has 154 valence electrons. The highest BCUT2D eigenvalue weighted by molar-refractivity contribution is 9.10. The summed E-state index contributed by atoms with van der Waals surface area (Å²) in [4.78, 5) is 20.3. The monoisotopic (exact) mass is 458 g/mol. The molecule has 1 aliphatic rings. The first kappa shape index (κ1) is 21.4. The SMILES string of the molecule is CC(=NOCC(C)(C)CON=C1CCCc2ccc(C)nc21)c1cccc(Br)n1. The van der Waals surface area contributed by atoms with Gasteiger partial charge in [-0.25, -0.2) is 4.98 Å². The third kappa shape index (κ3) is 6.10. The van der Waals surface area contributed by atoms with Crippen LogP contribution in [0, 0.1) is 12.3 Å². The predicted octanol–water partition coefficient (Wildman–Crippen LogP) is 5.07. The lowest BCUT2D eigenvalue weighted by atomic mass is 9.94. The van der Waals surface area contributed by atoms with Crippen LogP contribution in [-0.4, -0.2) is 34.6 Å². The van der Waals surface area contributed by atoms with Gasteiger partial charge >= 0.3 is 0 Å². The topological polar surface area (TPSA) is 69.0 Å². The average Bonchev–Trinajstić information content (AvgIpc) is 2.68. The van der Waals surface area contributed by atoms with E-state index in [0.717, 1.165) is 52.4 Å². The van der Waals surface area contributed by atoms with Gasteiger partial charge < -0.3 is 9.68 Å². The second kappa shape index (κ2) is 9.48. The molecular formula is C22H27BrN4O2. The third-order valence-corrected chi connectivity index (χ3v) is 5.07. The van der Waals surface area contributed by atoms with E-state index < -0.39 is 0 Å². The van der Waals surface area contributed by atoms with Gasteiger partial charge in [0.05, 0.1) is 11.4 Å². The molecule has 0 unspecified atom stereocenters. The van der Waals surface area contributed by atoms with E-state index in [4.69, 9.17) is 9.68 Å². The Balaban J connectivity index is 1.55. The predicted molar refractivity (Wildman–Crippen MR) is 118 cm³/mol. The molecule has 0 aliphatic heterocycles. The molecule has 6 nitrogen and oxygen atoms in total. The van der Waals surface area contributed by atoms with Crippen LogP contribution in [0.2, 0.25) is 0 Å². The Morgan fingerprint density at radius 2 is 1.90 bits per heavy atom. The molecule has 0 aromatic carbocycles. The van der Waals surface area contributed by atoms with Crippen LogP contribution in [0.3, 0.4) is 0 Å². The van der Waals surface area contributed by atoms with Gasteiger partial charge in [-0.1, -0.05) is 36.3 Å². The fourth-order valence-corrected chi connectivity index (χ4v) is 3.32. The zero-order valence-electron chi connectivity index (χ0n) is 17.4. The summed E-state index contributed by atoms with van der Waals surface area (Å²) in [6, 6.07) is 9.89. The van der Waals surface area contributed by atoms with Crippen molar-refractivity contribution in [2.75, 3.05) is 13.2 Å². The van der Waals surface area contributed by atoms with Crippen molar-refractivity contribution in [3.63, 3.8) is 0 Å². The van der Waals surface area contributed by atoms with Crippen molar-refractivity contribution in [1.29, 1.82) is 0 Å². The number of fused-ring (bicyclic) bond motifs is 1. The smallest absolute Gasteiger partial charge is 0.125 e. The Morgan fingerprint density at radius 3 is 2.69 bits per heavy atom. The van der Waals surface area contributed by atoms with Crippen molar-refractivity contribution in [1.82, 2.24) is 9.97 Å². The summed E-state index contributed by atoms with van der Waals surface area (Å²) >= 11 is 3.37. The summed E-state index contributed by atoms with van der Waals surface area (Å²) in [5.41, 5.74) is 5.42. The highest BCUT2D eigenvalue weighted by Gasteiger charge is 2.22. The van der Waals surface area contributed by atoms with E-state index in [0.29, 0.717) is 13.2 Å². The molecule has 0 spiro atoms. The first-order valence-electron chi connectivity index (χ1n) is 9.79. The Kier molecular flexibility index (Phi) is 7.00. The number of nitrogens with zero attached hydrogens (tertiary/aromatic N) is 4. The minimum absolute atomic E-state index is 0.240. The number of hydrogen-bond donors (Lipinski definition) is 0. The lowest BCUT2D eigenvalue weighted by Crippen LogP contribution is -2.24. The Hall–Kier alpha value is -2.28. The molecule has 1 aliphatic carbocycles. The zero-order chi connectivity index (χ0) is 20.9. The molecule has 0 fully saturated rings. The number of aryl methyl sites for hydroxylation is 2. The lowest BCUT2D eigenvalue weighted by Gasteiger charge is -2.22. The molecule has 0 radical (unpaired) electrons. The van der Waals surface area contributed by atoms with E-state index in [-0.39, 0.29) is 5.41 Å². The number of pyridine rings is 2. The van der Waals surface area contributed by atoms with Crippen LogP contribution in [0.4, 0.5) is 0 Å². The van der Waals surface area contributed by atoms with Gasteiger partial charge in [-0.05, 0) is 72.8 Å². The molecule has 2 heterocycles. The molecule has 0 saturated carbocycles. The zero-order valence-corrected chi connectivity index (χ0v) is 19.0. The first-order valence-corrected chi connectivity index (χ1v) is 10.6. The van der Waals surface area contributed by atoms with E-state index >= 15 is 0 Å². The van der Waals surface area contributed by atoms with Crippen LogP contribution in [0.5, 0.6) is 0 Å². The summed E-state index contributed by atoms with van der Waals surface area (Å²) in [6.07, 6.45) is 3.01. The van der Waals surface area contributed by atoms with Gasteiger partial charge in [-0.3, -0.25) is 4.98 Å². The van der Waals surface area contributed by atoms with Crippen molar-refractivity contribution in [3.8, 4) is 0 Å². The molecule has 29 heavy (non-hydrogen) atoms. The number of oxime groups is 2. The van der Waals surface area contributed by atoms with Gasteiger partial charge in [0, 0.05) is 11.1 Å². The van der Waals surface area contributed by atoms with Gasteiger partial charge in [-0.15, -0.1) is 0 Å². The molecule has 3 rings (SSSR count). The third-order valence-electron chi connectivity index (χ3n) is 4.62. The molecule has 0 amide bonds. The highest BCUT2D eigenvalue weighted by atomic mass is 79.9. The quantitative estimate of drug-likeness (QED) is 0.329. The maximum atomic E-state index is 5.69. The fourth-order valence-electron chi connectivity index (χ4n) is 2.98. The minimum Gasteiger partial charge on any atom is -0.395 e. The molecule has 0 bridgehead atoms. The Bertz CT molecular complexity index is 925. The molecule has 2 aromatic heterocycles. The van der Waals surface area contributed by atoms with Gasteiger partial charge in [-0.2, -0.15) is 0 Å². The van der Waals surface area contributed by atoms with Gasteiger partial charge in [0.15, 0.2) is 0 Å². The Morgan fingerprint density at radius 1 is 1.10 bits per heavy atom. The van der Waals surface area contributed by atoms with Crippen molar-refractivity contribution in [2.45, 2.75) is 47.0 Å². The number of hydrogen-bond acceptors (Lipinski definition) is 6. The van der Waals surface area contributed by atoms with E-state index in [1.807, 2.05) is 32.0 Å². The van der Waals surface area contributed by atoms with E-state index in [9.17, 15) is 0 Å². The van der Waals surface area contributed by atoms with Crippen LogP contribution in [0.1, 0.15) is 56.3 Å². The molecular weight excluding hydrogens is 432 g/mol. The molecule has 7 heteroatoms. The maximum absolute atomic E-state index is 5.69. The van der Waals surface area contributed by atoms with E-state index in [1.165, 1.54) is 5.56 Å². The molecule has 0 N–H and O–H groups in total. The summed E-state index contributed by atoms with van der Waals surface area (Å²) < 4.78 is 0.770. The lowest BCUT2D eigenvalue weighted by molar-refractivity contribution is -0.000159. The van der Waals surface area contributed by atoms with Crippen LogP contribution in [0.15, 0.2) is 45.2 Å². The van der Waals surface area contributed by atoms with Gasteiger partial charge in [0.25, 0.3) is 0 Å². The van der Waals surface area contributed by atoms with Crippen LogP contribution in [-0.2, 0) is 16.1 Å². The van der Waals surface area contributed by atoms with Crippen molar-refractivity contribution < 1.29 is 9.68 Å². The van der Waals surface area contributed by atoms with Gasteiger partial charge in [0.1, 0.15) is 29.2 Å². The summed E-state index contributed by atoms with van der Waals surface area (Å²) in [5, 5.41) is 8.59. The minimum atomic E-state index is -0.240. The average molecular weight is 459 g/mol. The highest BCUT2D eigenvalue weighted by Crippen LogP contribution is 2.22. The van der Waals surface area contributed by atoms with Crippen LogP contribution in [0.25, 0.3) is 0 Å². The van der Waals surface area contributed by atoms with E-state index in [2.05, 4.69) is 62.2 Å². The standard InChI is InChI=1S/C22H27BrN4O2/c1-15-11-12-17-7-5-9-19(21(17)24-15)27-29-14-22(3,4)13-28-26-16(2)18-8-6-10-20(23)25-18/h6,8,10-12H,5,7,9,13-14H2,1-4H3. The van der Waals surface area contributed by atoms with Crippen molar-refractivity contribution in [3.05, 3.63) is 57.6 Å². The van der Waals surface area contributed by atoms with Crippen LogP contribution < -0.4 is 0 Å². The van der Waals surface area contributed by atoms with Crippen molar-refractivity contribution >= 4 is 27.4 Å². The maximum Gasteiger partial charge on any atom is 0.125 e. The second-order valence-corrected chi connectivity index (χ2v) is 8.90. The van der Waals surface area contributed by atoms with Crippen LogP contribution >= 0.6 is 15.9 Å². The number of halogens is 1. The second-order valence-electron chi connectivity index (χ2n) is 8.09.